The zero-order valence-electron chi connectivity index (χ0n) is 17.8. The van der Waals surface area contributed by atoms with Crippen LogP contribution in [0.25, 0.3) is 22.2 Å². The first kappa shape index (κ1) is 23.3. The molecule has 0 spiro atoms. The number of carbonyl (C=O) groups excluding carboxylic acids is 1. The zero-order valence-corrected chi connectivity index (χ0v) is 17.8. The van der Waals surface area contributed by atoms with Crippen molar-refractivity contribution in [2.45, 2.75) is 25.6 Å². The molecule has 3 rings (SSSR count). The standard InChI is InChI=1S/C23H23F3N2O4/c1-4-15(12-29)27-22(30)13-5-7-16-18(9-13)28-19(11-21(16)32-3)17-8-6-14(23(24,25)26)10-20(17)31-2/h5-11,15,29H,4,12H2,1-3H3,(H,27,30). The Morgan fingerprint density at radius 2 is 1.81 bits per heavy atom. The summed E-state index contributed by atoms with van der Waals surface area (Å²) in [4.78, 5) is 17.1. The van der Waals surface area contributed by atoms with Crippen molar-refractivity contribution < 1.29 is 32.5 Å². The van der Waals surface area contributed by atoms with Gasteiger partial charge >= 0.3 is 6.18 Å². The smallest absolute Gasteiger partial charge is 0.416 e. The molecule has 1 atom stereocenters. The summed E-state index contributed by atoms with van der Waals surface area (Å²) >= 11 is 0. The van der Waals surface area contributed by atoms with Gasteiger partial charge in [0, 0.05) is 22.6 Å². The molecule has 3 aromatic rings. The molecule has 32 heavy (non-hydrogen) atoms. The average molecular weight is 448 g/mol. The van der Waals surface area contributed by atoms with Crippen LogP contribution in [0.3, 0.4) is 0 Å². The topological polar surface area (TPSA) is 80.7 Å². The SMILES string of the molecule is CCC(CO)NC(=O)c1ccc2c(OC)cc(-c3ccc(C(F)(F)F)cc3OC)nc2c1. The molecule has 2 aromatic carbocycles. The van der Waals surface area contributed by atoms with Crippen LogP contribution >= 0.6 is 0 Å². The quantitative estimate of drug-likeness (QED) is 0.559. The van der Waals surface area contributed by atoms with Gasteiger partial charge in [-0.15, -0.1) is 0 Å². The van der Waals surface area contributed by atoms with Gasteiger partial charge < -0.3 is 19.9 Å². The van der Waals surface area contributed by atoms with Crippen LogP contribution in [0.5, 0.6) is 11.5 Å². The van der Waals surface area contributed by atoms with Crippen LogP contribution in [0, 0.1) is 0 Å². The van der Waals surface area contributed by atoms with Crippen LogP contribution in [0.15, 0.2) is 42.5 Å². The third-order valence-electron chi connectivity index (χ3n) is 5.11. The molecule has 1 aromatic heterocycles. The summed E-state index contributed by atoms with van der Waals surface area (Å²) in [6, 6.07) is 9.26. The maximum absolute atomic E-state index is 13.1. The second-order valence-electron chi connectivity index (χ2n) is 7.12. The number of carbonyl (C=O) groups is 1. The van der Waals surface area contributed by atoms with E-state index in [1.165, 1.54) is 20.3 Å². The lowest BCUT2D eigenvalue weighted by molar-refractivity contribution is -0.137. The number of benzene rings is 2. The number of alkyl halides is 3. The van der Waals surface area contributed by atoms with Crippen LogP contribution in [-0.4, -0.2) is 42.9 Å². The van der Waals surface area contributed by atoms with Crippen LogP contribution in [0.2, 0.25) is 0 Å². The first-order chi connectivity index (χ1) is 15.2. The molecule has 6 nitrogen and oxygen atoms in total. The summed E-state index contributed by atoms with van der Waals surface area (Å²) in [5, 5.41) is 12.7. The Balaban J connectivity index is 2.10. The van der Waals surface area contributed by atoms with E-state index in [1.807, 2.05) is 6.92 Å². The van der Waals surface area contributed by atoms with Gasteiger partial charge in [0.1, 0.15) is 11.5 Å². The minimum Gasteiger partial charge on any atom is -0.496 e. The fraction of sp³-hybridized carbons (Fsp3) is 0.304. The van der Waals surface area contributed by atoms with Gasteiger partial charge in [-0.2, -0.15) is 13.2 Å². The largest absolute Gasteiger partial charge is 0.496 e. The van der Waals surface area contributed by atoms with Gasteiger partial charge in [0.15, 0.2) is 0 Å². The molecule has 0 bridgehead atoms. The molecule has 1 heterocycles. The summed E-state index contributed by atoms with van der Waals surface area (Å²) < 4.78 is 49.9. The third kappa shape index (κ3) is 4.77. The van der Waals surface area contributed by atoms with Crippen molar-refractivity contribution in [1.29, 1.82) is 0 Å². The van der Waals surface area contributed by atoms with Crippen LogP contribution in [-0.2, 0) is 6.18 Å². The Morgan fingerprint density at radius 1 is 1.09 bits per heavy atom. The second-order valence-corrected chi connectivity index (χ2v) is 7.12. The number of amides is 1. The van der Waals surface area contributed by atoms with Gasteiger partial charge in [-0.25, -0.2) is 4.98 Å². The summed E-state index contributed by atoms with van der Waals surface area (Å²) in [6.07, 6.45) is -3.94. The monoisotopic (exact) mass is 448 g/mol. The molecule has 0 saturated carbocycles. The number of nitrogens with zero attached hydrogens (tertiary/aromatic N) is 1. The molecule has 170 valence electrons. The van der Waals surface area contributed by atoms with E-state index in [0.717, 1.165) is 12.1 Å². The number of ether oxygens (including phenoxy) is 2. The molecule has 0 radical (unpaired) electrons. The molecule has 0 fully saturated rings. The van der Waals surface area contributed by atoms with Crippen LogP contribution < -0.4 is 14.8 Å². The molecule has 9 heteroatoms. The summed E-state index contributed by atoms with van der Waals surface area (Å²) in [5.41, 5.74) is 0.599. The van der Waals surface area contributed by atoms with Crippen LogP contribution in [0.1, 0.15) is 29.3 Å². The molecule has 1 amide bonds. The molecule has 0 aliphatic carbocycles. The van der Waals surface area contributed by atoms with Gasteiger partial charge in [0.2, 0.25) is 0 Å². The molecule has 0 saturated heterocycles. The Bertz CT molecular complexity index is 1130. The maximum atomic E-state index is 13.1. The van der Waals surface area contributed by atoms with Gasteiger partial charge in [-0.05, 0) is 42.8 Å². The van der Waals surface area contributed by atoms with Gasteiger partial charge in [-0.3, -0.25) is 4.79 Å². The lowest BCUT2D eigenvalue weighted by atomic mass is 10.0. The third-order valence-corrected chi connectivity index (χ3v) is 5.11. The number of aliphatic hydroxyl groups is 1. The first-order valence-corrected chi connectivity index (χ1v) is 9.87. The van der Waals surface area contributed by atoms with E-state index >= 15 is 0 Å². The average Bonchev–Trinajstić information content (AvgIpc) is 2.80. The molecule has 2 N–H and O–H groups in total. The molecule has 1 unspecified atom stereocenters. The van der Waals surface area contributed by atoms with Crippen molar-refractivity contribution in [3.05, 3.63) is 53.6 Å². The van der Waals surface area contributed by atoms with E-state index < -0.39 is 11.7 Å². The number of hydrogen-bond acceptors (Lipinski definition) is 5. The minimum atomic E-state index is -4.51. The second kappa shape index (κ2) is 9.44. The molecule has 0 aliphatic heterocycles. The Kier molecular flexibility index (Phi) is 6.88. The summed E-state index contributed by atoms with van der Waals surface area (Å²) in [7, 11) is 2.75. The molecule has 0 aliphatic rings. The zero-order chi connectivity index (χ0) is 23.5. The van der Waals surface area contributed by atoms with Crippen LogP contribution in [0.4, 0.5) is 13.2 Å². The normalized spacial score (nSPS) is 12.5. The van der Waals surface area contributed by atoms with Crippen molar-refractivity contribution in [2.75, 3.05) is 20.8 Å². The highest BCUT2D eigenvalue weighted by Crippen LogP contribution is 2.38. The highest BCUT2D eigenvalue weighted by molar-refractivity contribution is 5.99. The number of fused-ring (bicyclic) bond motifs is 1. The van der Waals surface area contributed by atoms with E-state index in [0.29, 0.717) is 39.9 Å². The Hall–Kier alpha value is -3.33. The van der Waals surface area contributed by atoms with Crippen molar-refractivity contribution in [3.63, 3.8) is 0 Å². The van der Waals surface area contributed by atoms with Crippen molar-refractivity contribution in [2.24, 2.45) is 0 Å². The van der Waals surface area contributed by atoms with Gasteiger partial charge in [-0.1, -0.05) is 6.92 Å². The predicted octanol–water partition coefficient (Wildman–Crippen LogP) is 4.44. The number of aromatic nitrogens is 1. The van der Waals surface area contributed by atoms with E-state index in [2.05, 4.69) is 10.3 Å². The first-order valence-electron chi connectivity index (χ1n) is 9.87. The number of hydrogen-bond donors (Lipinski definition) is 2. The minimum absolute atomic E-state index is 0.0105. The van der Waals surface area contributed by atoms with Crippen molar-refractivity contribution >= 4 is 16.8 Å². The van der Waals surface area contributed by atoms with E-state index in [1.54, 1.807) is 24.3 Å². The lowest BCUT2D eigenvalue weighted by Crippen LogP contribution is -2.36. The summed E-state index contributed by atoms with van der Waals surface area (Å²) in [6.45, 7) is 1.66. The maximum Gasteiger partial charge on any atom is 0.416 e. The predicted molar refractivity (Wildman–Crippen MR) is 114 cm³/mol. The fourth-order valence-corrected chi connectivity index (χ4v) is 3.27. The lowest BCUT2D eigenvalue weighted by Gasteiger charge is -2.16. The number of aliphatic hydroxyl groups excluding tert-OH is 1. The van der Waals surface area contributed by atoms with E-state index in [4.69, 9.17) is 9.47 Å². The van der Waals surface area contributed by atoms with Crippen molar-refractivity contribution in [1.82, 2.24) is 10.3 Å². The van der Waals surface area contributed by atoms with Gasteiger partial charge in [0.05, 0.1) is 43.6 Å². The fourth-order valence-electron chi connectivity index (χ4n) is 3.27. The number of rotatable bonds is 7. The number of methoxy groups -OCH3 is 2. The number of nitrogens with one attached hydrogen (secondary N) is 1. The highest BCUT2D eigenvalue weighted by Gasteiger charge is 2.31. The van der Waals surface area contributed by atoms with Crippen molar-refractivity contribution in [3.8, 4) is 22.8 Å². The number of pyridine rings is 1. The van der Waals surface area contributed by atoms with E-state index in [-0.39, 0.29) is 24.3 Å². The number of halogens is 3. The summed E-state index contributed by atoms with van der Waals surface area (Å²) in [5.74, 6) is 0.0862. The Labute approximate surface area is 183 Å². The van der Waals surface area contributed by atoms with Gasteiger partial charge in [0.25, 0.3) is 5.91 Å². The molecular formula is C23H23F3N2O4. The molecular weight excluding hydrogens is 425 g/mol. The highest BCUT2D eigenvalue weighted by atomic mass is 19.4. The Morgan fingerprint density at radius 3 is 2.41 bits per heavy atom. The van der Waals surface area contributed by atoms with E-state index in [9.17, 15) is 23.1 Å².